The van der Waals surface area contributed by atoms with Crippen molar-refractivity contribution >= 4 is 28.6 Å². The molecule has 0 N–H and O–H groups in total. The number of unbranched alkanes of at least 4 members (excludes halogenated alkanes) is 2. The van der Waals surface area contributed by atoms with Crippen molar-refractivity contribution < 1.29 is 9.53 Å². The molecule has 0 spiro atoms. The molecule has 1 rings (SSSR count). The summed E-state index contributed by atoms with van der Waals surface area (Å²) < 4.78 is 6.67. The lowest BCUT2D eigenvalue weighted by Crippen LogP contribution is -2.09. The smallest absolute Gasteiger partial charge is 0.311 e. The first-order chi connectivity index (χ1) is 9.52. The summed E-state index contributed by atoms with van der Waals surface area (Å²) in [6.07, 6.45) is 6.55. The van der Waals surface area contributed by atoms with Gasteiger partial charge in [-0.15, -0.1) is 0 Å². The van der Waals surface area contributed by atoms with Crippen LogP contribution in [0.4, 0.5) is 0 Å². The number of ether oxygens (including phenoxy) is 1. The third kappa shape index (κ3) is 6.55. The van der Waals surface area contributed by atoms with Crippen LogP contribution in [0.25, 0.3) is 0 Å². The van der Waals surface area contributed by atoms with Gasteiger partial charge in [0.25, 0.3) is 0 Å². The average Bonchev–Trinajstić information content (AvgIpc) is 2.39. The molecule has 0 atom stereocenters. The number of esters is 1. The van der Waals surface area contributed by atoms with Crippen molar-refractivity contribution in [3.8, 4) is 5.75 Å². The summed E-state index contributed by atoms with van der Waals surface area (Å²) in [6.45, 7) is 6.27. The predicted molar refractivity (Wildman–Crippen MR) is 92.1 cm³/mol. The highest BCUT2D eigenvalue weighted by atomic mass is 127. The second kappa shape index (κ2) is 9.16. The fourth-order valence-corrected chi connectivity index (χ4v) is 2.37. The highest BCUT2D eigenvalue weighted by Crippen LogP contribution is 2.23. The minimum absolute atomic E-state index is 0.127. The number of carbonyl (C=O) groups excluding carboxylic acids is 1. The van der Waals surface area contributed by atoms with Crippen LogP contribution >= 0.6 is 22.6 Å². The molecule has 1 aromatic carbocycles. The maximum atomic E-state index is 11.8. The maximum absolute atomic E-state index is 11.8. The van der Waals surface area contributed by atoms with Gasteiger partial charge in [-0.25, -0.2) is 0 Å². The molecule has 0 unspecified atom stereocenters. The highest BCUT2D eigenvalue weighted by Gasteiger charge is 2.09. The molecule has 0 aliphatic carbocycles. The first-order valence-electron chi connectivity index (χ1n) is 7.15. The highest BCUT2D eigenvalue weighted by molar-refractivity contribution is 14.1. The SMILES string of the molecule is CCCCCC(=O)Oc1ccc(I)cc1CC=C(C)C. The third-order valence-electron chi connectivity index (χ3n) is 2.96. The summed E-state index contributed by atoms with van der Waals surface area (Å²) in [6, 6.07) is 5.95. The first kappa shape index (κ1) is 17.2. The number of rotatable bonds is 7. The molecule has 0 radical (unpaired) electrons. The van der Waals surface area contributed by atoms with E-state index in [1.165, 1.54) is 5.57 Å². The van der Waals surface area contributed by atoms with Gasteiger partial charge in [0.2, 0.25) is 0 Å². The summed E-state index contributed by atoms with van der Waals surface area (Å²) in [7, 11) is 0. The zero-order valence-corrected chi connectivity index (χ0v) is 14.7. The Morgan fingerprint density at radius 2 is 2.05 bits per heavy atom. The van der Waals surface area contributed by atoms with E-state index >= 15 is 0 Å². The van der Waals surface area contributed by atoms with Gasteiger partial charge in [-0.3, -0.25) is 4.79 Å². The van der Waals surface area contributed by atoms with E-state index in [2.05, 4.69) is 55.5 Å². The van der Waals surface area contributed by atoms with Gasteiger partial charge < -0.3 is 4.74 Å². The summed E-state index contributed by atoms with van der Waals surface area (Å²) in [5, 5.41) is 0. The second-order valence-electron chi connectivity index (χ2n) is 5.17. The van der Waals surface area contributed by atoms with Gasteiger partial charge in [0.15, 0.2) is 0 Å². The van der Waals surface area contributed by atoms with Crippen molar-refractivity contribution in [3.05, 3.63) is 39.0 Å². The van der Waals surface area contributed by atoms with Crippen molar-refractivity contribution in [1.82, 2.24) is 0 Å². The van der Waals surface area contributed by atoms with E-state index in [9.17, 15) is 4.79 Å². The van der Waals surface area contributed by atoms with E-state index in [-0.39, 0.29) is 5.97 Å². The monoisotopic (exact) mass is 386 g/mol. The van der Waals surface area contributed by atoms with Crippen LogP contribution in [0.5, 0.6) is 5.75 Å². The van der Waals surface area contributed by atoms with Crippen LogP contribution < -0.4 is 4.74 Å². The van der Waals surface area contributed by atoms with Gasteiger partial charge in [-0.05, 0) is 73.0 Å². The minimum atomic E-state index is -0.127. The van der Waals surface area contributed by atoms with Crippen molar-refractivity contribution in [1.29, 1.82) is 0 Å². The number of halogens is 1. The largest absolute Gasteiger partial charge is 0.426 e. The standard InChI is InChI=1S/C17H23IO2/c1-4-5-6-7-17(19)20-16-11-10-15(18)12-14(16)9-8-13(2)3/h8,10-12H,4-7,9H2,1-3H3. The molecule has 1 aromatic rings. The Bertz CT molecular complexity index is 474. The normalized spacial score (nSPS) is 10.2. The fourth-order valence-electron chi connectivity index (χ4n) is 1.81. The van der Waals surface area contributed by atoms with Crippen LogP contribution in [0, 0.1) is 3.57 Å². The molecule has 0 aliphatic rings. The fraction of sp³-hybridized carbons (Fsp3) is 0.471. The summed E-state index contributed by atoms with van der Waals surface area (Å²) in [4.78, 5) is 11.8. The molecule has 0 aliphatic heterocycles. The van der Waals surface area contributed by atoms with Crippen molar-refractivity contribution in [2.45, 2.75) is 52.9 Å². The lowest BCUT2D eigenvalue weighted by molar-refractivity contribution is -0.134. The summed E-state index contributed by atoms with van der Waals surface area (Å²) >= 11 is 2.28. The van der Waals surface area contributed by atoms with Crippen molar-refractivity contribution in [3.63, 3.8) is 0 Å². The Morgan fingerprint density at radius 1 is 1.30 bits per heavy atom. The van der Waals surface area contributed by atoms with E-state index in [1.807, 2.05) is 12.1 Å². The van der Waals surface area contributed by atoms with Gasteiger partial charge in [0, 0.05) is 9.99 Å². The Kier molecular flexibility index (Phi) is 7.88. The maximum Gasteiger partial charge on any atom is 0.311 e. The number of carbonyl (C=O) groups is 1. The van der Waals surface area contributed by atoms with Crippen LogP contribution in [0.15, 0.2) is 29.8 Å². The number of benzene rings is 1. The van der Waals surface area contributed by atoms with Crippen LogP contribution in [0.2, 0.25) is 0 Å². The van der Waals surface area contributed by atoms with Gasteiger partial charge in [-0.2, -0.15) is 0 Å². The quantitative estimate of drug-likeness (QED) is 0.209. The molecule has 0 aromatic heterocycles. The molecule has 0 saturated heterocycles. The zero-order valence-electron chi connectivity index (χ0n) is 12.5. The van der Waals surface area contributed by atoms with E-state index in [4.69, 9.17) is 4.74 Å². The average molecular weight is 386 g/mol. The molecule has 0 amide bonds. The molecular formula is C17H23IO2. The molecular weight excluding hydrogens is 363 g/mol. The Morgan fingerprint density at radius 3 is 2.70 bits per heavy atom. The van der Waals surface area contributed by atoms with E-state index < -0.39 is 0 Å². The molecule has 0 saturated carbocycles. The summed E-state index contributed by atoms with van der Waals surface area (Å²) in [5.41, 5.74) is 2.34. The van der Waals surface area contributed by atoms with Crippen LogP contribution in [-0.4, -0.2) is 5.97 Å². The molecule has 2 nitrogen and oxygen atoms in total. The van der Waals surface area contributed by atoms with Crippen LogP contribution in [-0.2, 0) is 11.2 Å². The minimum Gasteiger partial charge on any atom is -0.426 e. The topological polar surface area (TPSA) is 26.3 Å². The molecule has 20 heavy (non-hydrogen) atoms. The van der Waals surface area contributed by atoms with Crippen LogP contribution in [0.1, 0.15) is 52.0 Å². The van der Waals surface area contributed by atoms with E-state index in [0.717, 1.165) is 34.8 Å². The third-order valence-corrected chi connectivity index (χ3v) is 3.63. The number of hydrogen-bond donors (Lipinski definition) is 0. The van der Waals surface area contributed by atoms with Crippen molar-refractivity contribution in [2.24, 2.45) is 0 Å². The van der Waals surface area contributed by atoms with Gasteiger partial charge in [-0.1, -0.05) is 31.4 Å². The van der Waals surface area contributed by atoms with Crippen LogP contribution in [0.3, 0.4) is 0 Å². The molecule has 110 valence electrons. The Hall–Kier alpha value is -0.840. The predicted octanol–water partition coefficient (Wildman–Crippen LogP) is 5.29. The molecule has 0 fully saturated rings. The Balaban J connectivity index is 2.73. The van der Waals surface area contributed by atoms with Gasteiger partial charge in [0.05, 0.1) is 0 Å². The second-order valence-corrected chi connectivity index (χ2v) is 6.41. The van der Waals surface area contributed by atoms with Gasteiger partial charge >= 0.3 is 5.97 Å². The lowest BCUT2D eigenvalue weighted by Gasteiger charge is -2.09. The van der Waals surface area contributed by atoms with Gasteiger partial charge in [0.1, 0.15) is 5.75 Å². The number of allylic oxidation sites excluding steroid dienone is 2. The molecule has 0 bridgehead atoms. The number of hydrogen-bond acceptors (Lipinski definition) is 2. The summed E-state index contributed by atoms with van der Waals surface area (Å²) in [5.74, 6) is 0.572. The zero-order chi connectivity index (χ0) is 15.0. The first-order valence-corrected chi connectivity index (χ1v) is 8.23. The van der Waals surface area contributed by atoms with Crippen molar-refractivity contribution in [2.75, 3.05) is 0 Å². The Labute approximate surface area is 135 Å². The molecule has 3 heteroatoms. The lowest BCUT2D eigenvalue weighted by atomic mass is 10.1. The molecule has 0 heterocycles. The van der Waals surface area contributed by atoms with E-state index in [0.29, 0.717) is 12.2 Å². The van der Waals surface area contributed by atoms with E-state index in [1.54, 1.807) is 0 Å².